The Morgan fingerprint density at radius 3 is 1.69 bits per heavy atom. The van der Waals surface area contributed by atoms with Crippen molar-refractivity contribution in [2.75, 3.05) is 6.61 Å². The topological polar surface area (TPSA) is 9.23 Å². The van der Waals surface area contributed by atoms with Crippen LogP contribution in [0.15, 0.2) is 0 Å². The van der Waals surface area contributed by atoms with Crippen LogP contribution >= 0.6 is 0 Å². The molecule has 0 rings (SSSR count). The van der Waals surface area contributed by atoms with Crippen LogP contribution in [0.3, 0.4) is 0 Å². The summed E-state index contributed by atoms with van der Waals surface area (Å²) in [7, 11) is 0. The van der Waals surface area contributed by atoms with Crippen LogP contribution in [-0.2, 0) is 4.74 Å². The first-order chi connectivity index (χ1) is 5.83. The minimum Gasteiger partial charge on any atom is -0.375 e. The van der Waals surface area contributed by atoms with Crippen LogP contribution in [0.4, 0.5) is 0 Å². The summed E-state index contributed by atoms with van der Waals surface area (Å²) in [5.74, 6) is 0. The van der Waals surface area contributed by atoms with Crippen molar-refractivity contribution < 1.29 is 4.74 Å². The zero-order chi connectivity index (χ0) is 10.5. The van der Waals surface area contributed by atoms with Crippen LogP contribution < -0.4 is 0 Å². The molecule has 80 valence electrons. The molecule has 0 aromatic rings. The van der Waals surface area contributed by atoms with Crippen molar-refractivity contribution in [3.63, 3.8) is 0 Å². The molecule has 0 unspecified atom stereocenters. The summed E-state index contributed by atoms with van der Waals surface area (Å²) >= 11 is 0. The summed E-state index contributed by atoms with van der Waals surface area (Å²) in [5, 5.41) is 0. The summed E-state index contributed by atoms with van der Waals surface area (Å²) in [5.41, 5.74) is 0.494. The summed E-state index contributed by atoms with van der Waals surface area (Å²) in [6.45, 7) is 14.3. The van der Waals surface area contributed by atoms with E-state index in [2.05, 4.69) is 41.5 Å². The van der Waals surface area contributed by atoms with Crippen molar-refractivity contribution in [2.45, 2.75) is 66.4 Å². The van der Waals surface area contributed by atoms with E-state index in [0.29, 0.717) is 5.41 Å². The van der Waals surface area contributed by atoms with Crippen LogP contribution in [-0.4, -0.2) is 12.2 Å². The molecular weight excluding hydrogens is 160 g/mol. The van der Waals surface area contributed by atoms with Crippen LogP contribution in [0.25, 0.3) is 0 Å². The van der Waals surface area contributed by atoms with E-state index in [4.69, 9.17) is 4.74 Å². The molecule has 1 heteroatoms. The molecule has 0 saturated carbocycles. The van der Waals surface area contributed by atoms with Gasteiger partial charge in [0.25, 0.3) is 0 Å². The summed E-state index contributed by atoms with van der Waals surface area (Å²) in [4.78, 5) is 0. The van der Waals surface area contributed by atoms with Gasteiger partial charge in [-0.15, -0.1) is 0 Å². The van der Waals surface area contributed by atoms with Gasteiger partial charge in [0.2, 0.25) is 0 Å². The molecule has 0 aliphatic heterocycles. The number of hydrogen-bond donors (Lipinski definition) is 0. The first kappa shape index (κ1) is 13.0. The Bertz CT molecular complexity index is 129. The Hall–Kier alpha value is -0.0400. The van der Waals surface area contributed by atoms with E-state index in [9.17, 15) is 0 Å². The van der Waals surface area contributed by atoms with E-state index in [-0.39, 0.29) is 5.60 Å². The minimum absolute atomic E-state index is 0.102. The lowest BCUT2D eigenvalue weighted by Gasteiger charge is -2.29. The lowest BCUT2D eigenvalue weighted by atomic mass is 9.92. The number of ether oxygens (including phenoxy) is 1. The second-order valence-electron chi connectivity index (χ2n) is 5.32. The van der Waals surface area contributed by atoms with E-state index < -0.39 is 0 Å². The van der Waals surface area contributed by atoms with Crippen LogP contribution in [0.1, 0.15) is 60.8 Å². The molecular formula is C12H26O. The van der Waals surface area contributed by atoms with E-state index in [1.807, 2.05) is 0 Å². The van der Waals surface area contributed by atoms with Crippen molar-refractivity contribution in [3.05, 3.63) is 0 Å². The van der Waals surface area contributed by atoms with E-state index in [1.165, 1.54) is 0 Å². The molecule has 1 nitrogen and oxygen atoms in total. The smallest absolute Gasteiger partial charge is 0.0649 e. The summed E-state index contributed by atoms with van der Waals surface area (Å²) < 4.78 is 5.90. The minimum atomic E-state index is 0.102. The van der Waals surface area contributed by atoms with Crippen molar-refractivity contribution in [1.29, 1.82) is 0 Å². The van der Waals surface area contributed by atoms with Gasteiger partial charge in [-0.25, -0.2) is 0 Å². The number of rotatable bonds is 5. The quantitative estimate of drug-likeness (QED) is 0.630. The predicted octanol–water partition coefficient (Wildman–Crippen LogP) is 4.02. The maximum absolute atomic E-state index is 5.90. The molecule has 0 aliphatic rings. The van der Waals surface area contributed by atoms with Crippen molar-refractivity contribution in [3.8, 4) is 0 Å². The summed E-state index contributed by atoms with van der Waals surface area (Å²) in [6, 6.07) is 0. The Balaban J connectivity index is 3.74. The van der Waals surface area contributed by atoms with Crippen LogP contribution in [0.5, 0.6) is 0 Å². The van der Waals surface area contributed by atoms with Crippen LogP contribution in [0.2, 0.25) is 0 Å². The summed E-state index contributed by atoms with van der Waals surface area (Å²) in [6.07, 6.45) is 3.35. The third-order valence-corrected chi connectivity index (χ3v) is 2.80. The monoisotopic (exact) mass is 186 g/mol. The molecule has 0 atom stereocenters. The average molecular weight is 186 g/mol. The van der Waals surface area contributed by atoms with E-state index in [0.717, 1.165) is 25.9 Å². The third-order valence-electron chi connectivity index (χ3n) is 2.80. The Morgan fingerprint density at radius 1 is 0.923 bits per heavy atom. The van der Waals surface area contributed by atoms with Crippen molar-refractivity contribution >= 4 is 0 Å². The van der Waals surface area contributed by atoms with Gasteiger partial charge in [-0.2, -0.15) is 0 Å². The molecule has 0 spiro atoms. The first-order valence-electron chi connectivity index (χ1n) is 5.47. The second-order valence-corrected chi connectivity index (χ2v) is 5.32. The van der Waals surface area contributed by atoms with Gasteiger partial charge in [0.15, 0.2) is 0 Å². The second kappa shape index (κ2) is 4.99. The van der Waals surface area contributed by atoms with Crippen molar-refractivity contribution in [2.24, 2.45) is 5.41 Å². The molecule has 0 fully saturated rings. The average Bonchev–Trinajstić information content (AvgIpc) is 2.02. The molecule has 0 radical (unpaired) electrons. The largest absolute Gasteiger partial charge is 0.375 e. The third kappa shape index (κ3) is 6.09. The SMILES string of the molecule is CCC(C)(CC)OCCC(C)(C)C. The molecule has 0 aromatic heterocycles. The number of hydrogen-bond acceptors (Lipinski definition) is 1. The van der Waals surface area contributed by atoms with Gasteiger partial charge in [-0.1, -0.05) is 34.6 Å². The molecule has 0 aromatic carbocycles. The highest BCUT2D eigenvalue weighted by atomic mass is 16.5. The van der Waals surface area contributed by atoms with Crippen LogP contribution in [0, 0.1) is 5.41 Å². The van der Waals surface area contributed by atoms with Gasteiger partial charge in [0.05, 0.1) is 5.60 Å². The maximum Gasteiger partial charge on any atom is 0.0649 e. The fourth-order valence-electron chi connectivity index (χ4n) is 1.06. The molecule has 0 N–H and O–H groups in total. The molecule has 0 heterocycles. The molecule has 0 bridgehead atoms. The molecule has 0 aliphatic carbocycles. The maximum atomic E-state index is 5.90. The molecule has 13 heavy (non-hydrogen) atoms. The van der Waals surface area contributed by atoms with E-state index in [1.54, 1.807) is 0 Å². The van der Waals surface area contributed by atoms with Crippen molar-refractivity contribution in [1.82, 2.24) is 0 Å². The van der Waals surface area contributed by atoms with Gasteiger partial charge in [0, 0.05) is 6.61 Å². The molecule has 0 saturated heterocycles. The highest BCUT2D eigenvalue weighted by Gasteiger charge is 2.20. The predicted molar refractivity (Wildman–Crippen MR) is 59.0 cm³/mol. The lowest BCUT2D eigenvalue weighted by molar-refractivity contribution is -0.0457. The Labute approximate surface area is 83.9 Å². The highest BCUT2D eigenvalue weighted by molar-refractivity contribution is 4.71. The highest BCUT2D eigenvalue weighted by Crippen LogP contribution is 2.23. The van der Waals surface area contributed by atoms with Gasteiger partial charge in [0.1, 0.15) is 0 Å². The zero-order valence-electron chi connectivity index (χ0n) is 10.2. The standard InChI is InChI=1S/C12H26O/c1-7-12(6,8-2)13-10-9-11(3,4)5/h7-10H2,1-6H3. The lowest BCUT2D eigenvalue weighted by Crippen LogP contribution is -2.28. The van der Waals surface area contributed by atoms with Gasteiger partial charge < -0.3 is 4.74 Å². The molecule has 0 amide bonds. The van der Waals surface area contributed by atoms with E-state index >= 15 is 0 Å². The fourth-order valence-corrected chi connectivity index (χ4v) is 1.06. The van der Waals surface area contributed by atoms with Gasteiger partial charge >= 0.3 is 0 Å². The van der Waals surface area contributed by atoms with Gasteiger partial charge in [-0.3, -0.25) is 0 Å². The Morgan fingerprint density at radius 2 is 1.38 bits per heavy atom. The Kier molecular flexibility index (Phi) is 4.98. The fraction of sp³-hybridized carbons (Fsp3) is 1.00. The zero-order valence-corrected chi connectivity index (χ0v) is 10.2. The first-order valence-corrected chi connectivity index (χ1v) is 5.47. The van der Waals surface area contributed by atoms with Gasteiger partial charge in [-0.05, 0) is 31.6 Å². The normalized spacial score (nSPS) is 13.4.